The minimum atomic E-state index is -0.458. The zero-order valence-corrected chi connectivity index (χ0v) is 18.2. The van der Waals surface area contributed by atoms with Crippen LogP contribution in [-0.2, 0) is 9.47 Å². The normalized spacial score (nSPS) is 12.0. The zero-order chi connectivity index (χ0) is 20.8. The third-order valence-electron chi connectivity index (χ3n) is 4.81. The maximum atomic E-state index is 12.4. The number of carbonyl (C=O) groups is 2. The van der Waals surface area contributed by atoms with Crippen LogP contribution in [0.3, 0.4) is 0 Å². The minimum Gasteiger partial charge on any atom is -0.462 e. The van der Waals surface area contributed by atoms with Gasteiger partial charge in [-0.1, -0.05) is 78.4 Å². The van der Waals surface area contributed by atoms with E-state index in [1.807, 2.05) is 0 Å². The predicted octanol–water partition coefficient (Wildman–Crippen LogP) is 6.43. The molecule has 0 radical (unpaired) electrons. The Morgan fingerprint density at radius 1 is 0.821 bits per heavy atom. The molecule has 0 aliphatic rings. The molecule has 158 valence electrons. The molecule has 0 N–H and O–H groups in total. The van der Waals surface area contributed by atoms with Crippen molar-refractivity contribution in [2.75, 3.05) is 13.2 Å². The molecule has 1 unspecified atom stereocenters. The summed E-state index contributed by atoms with van der Waals surface area (Å²) in [5.41, 5.74) is 0.567. The van der Waals surface area contributed by atoms with E-state index in [0.717, 1.165) is 31.6 Å². The molecule has 0 fully saturated rings. The van der Waals surface area contributed by atoms with Gasteiger partial charge in [0.2, 0.25) is 0 Å². The smallest absolute Gasteiger partial charge is 0.339 e. The molecule has 28 heavy (non-hydrogen) atoms. The molecule has 0 spiro atoms. The molecule has 0 heterocycles. The highest BCUT2D eigenvalue weighted by atomic mass is 16.5. The van der Waals surface area contributed by atoms with Gasteiger partial charge in [0, 0.05) is 0 Å². The fourth-order valence-corrected chi connectivity index (χ4v) is 3.14. The molecule has 1 rings (SSSR count). The lowest BCUT2D eigenvalue weighted by atomic mass is 10.0. The number of benzene rings is 1. The predicted molar refractivity (Wildman–Crippen MR) is 114 cm³/mol. The summed E-state index contributed by atoms with van der Waals surface area (Å²) >= 11 is 0. The van der Waals surface area contributed by atoms with Crippen molar-refractivity contribution in [2.24, 2.45) is 11.8 Å². The van der Waals surface area contributed by atoms with Crippen LogP contribution < -0.4 is 0 Å². The number of hydrogen-bond acceptors (Lipinski definition) is 4. The van der Waals surface area contributed by atoms with Crippen LogP contribution in [-0.4, -0.2) is 25.2 Å². The first kappa shape index (κ1) is 24.2. The van der Waals surface area contributed by atoms with Crippen molar-refractivity contribution < 1.29 is 19.1 Å². The molecular weight excluding hydrogens is 352 g/mol. The molecule has 0 saturated heterocycles. The van der Waals surface area contributed by atoms with Gasteiger partial charge in [0.05, 0.1) is 24.3 Å². The van der Waals surface area contributed by atoms with Gasteiger partial charge in [-0.2, -0.15) is 0 Å². The van der Waals surface area contributed by atoms with E-state index in [4.69, 9.17) is 9.47 Å². The van der Waals surface area contributed by atoms with Crippen molar-refractivity contribution in [3.63, 3.8) is 0 Å². The molecule has 0 amide bonds. The molecule has 4 heteroatoms. The van der Waals surface area contributed by atoms with E-state index in [9.17, 15) is 9.59 Å². The van der Waals surface area contributed by atoms with Crippen molar-refractivity contribution in [3.8, 4) is 0 Å². The lowest BCUT2D eigenvalue weighted by molar-refractivity contribution is 0.0416. The van der Waals surface area contributed by atoms with E-state index < -0.39 is 11.9 Å². The van der Waals surface area contributed by atoms with Gasteiger partial charge in [-0.25, -0.2) is 9.59 Å². The highest BCUT2D eigenvalue weighted by Crippen LogP contribution is 2.15. The summed E-state index contributed by atoms with van der Waals surface area (Å²) < 4.78 is 10.8. The average Bonchev–Trinajstić information content (AvgIpc) is 2.68. The van der Waals surface area contributed by atoms with E-state index in [0.29, 0.717) is 19.1 Å². The van der Waals surface area contributed by atoms with E-state index in [1.165, 1.54) is 25.7 Å². The monoisotopic (exact) mass is 390 g/mol. The first-order valence-electron chi connectivity index (χ1n) is 10.9. The second kappa shape index (κ2) is 14.2. The number of unbranched alkanes of at least 4 members (excludes halogenated alkanes) is 4. The Balaban J connectivity index is 2.39. The number of carbonyl (C=O) groups excluding carboxylic acids is 2. The van der Waals surface area contributed by atoms with Crippen molar-refractivity contribution in [1.29, 1.82) is 0 Å². The SMILES string of the molecule is CCCC(C)COC(=O)c1ccccc1C(=O)OCCCCCCCC(C)C. The Morgan fingerprint density at radius 2 is 1.39 bits per heavy atom. The van der Waals surface area contributed by atoms with Crippen LogP contribution in [0.15, 0.2) is 24.3 Å². The molecule has 1 aromatic carbocycles. The van der Waals surface area contributed by atoms with Crippen LogP contribution in [0.25, 0.3) is 0 Å². The number of rotatable bonds is 14. The van der Waals surface area contributed by atoms with Crippen molar-refractivity contribution in [2.45, 2.75) is 79.1 Å². The fraction of sp³-hybridized carbons (Fsp3) is 0.667. The number of ether oxygens (including phenoxy) is 2. The zero-order valence-electron chi connectivity index (χ0n) is 18.2. The first-order valence-corrected chi connectivity index (χ1v) is 10.9. The Bertz CT molecular complexity index is 580. The minimum absolute atomic E-state index is 0.282. The summed E-state index contributed by atoms with van der Waals surface area (Å²) in [5, 5.41) is 0. The Kier molecular flexibility index (Phi) is 12.3. The van der Waals surface area contributed by atoms with E-state index >= 15 is 0 Å². The first-order chi connectivity index (χ1) is 13.5. The van der Waals surface area contributed by atoms with Gasteiger partial charge in [-0.05, 0) is 36.8 Å². The molecule has 0 saturated carbocycles. The van der Waals surface area contributed by atoms with Crippen molar-refractivity contribution >= 4 is 11.9 Å². The van der Waals surface area contributed by atoms with Crippen molar-refractivity contribution in [1.82, 2.24) is 0 Å². The largest absolute Gasteiger partial charge is 0.462 e. The molecular formula is C24H38O4. The summed E-state index contributed by atoms with van der Waals surface area (Å²) in [5.74, 6) is 0.172. The van der Waals surface area contributed by atoms with Gasteiger partial charge < -0.3 is 9.47 Å². The summed E-state index contributed by atoms with van der Waals surface area (Å²) in [4.78, 5) is 24.8. The molecule has 0 bridgehead atoms. The topological polar surface area (TPSA) is 52.6 Å². The standard InChI is InChI=1S/C24H38O4/c1-5-13-20(4)18-28-24(26)22-16-11-10-15-21(22)23(25)27-17-12-8-6-7-9-14-19(2)3/h10-11,15-16,19-20H,5-9,12-14,17-18H2,1-4H3. The van der Waals surface area contributed by atoms with Crippen LogP contribution in [0.5, 0.6) is 0 Å². The molecule has 1 aromatic rings. The van der Waals surface area contributed by atoms with Gasteiger partial charge in [-0.15, -0.1) is 0 Å². The highest BCUT2D eigenvalue weighted by molar-refractivity contribution is 6.03. The molecule has 0 aliphatic carbocycles. The quantitative estimate of drug-likeness (QED) is 0.271. The van der Waals surface area contributed by atoms with Crippen LogP contribution in [0.2, 0.25) is 0 Å². The average molecular weight is 391 g/mol. The van der Waals surface area contributed by atoms with E-state index in [1.54, 1.807) is 24.3 Å². The molecule has 0 aliphatic heterocycles. The Morgan fingerprint density at radius 3 is 2.00 bits per heavy atom. The Labute approximate surface area is 171 Å². The van der Waals surface area contributed by atoms with Crippen LogP contribution in [0.1, 0.15) is 99.8 Å². The number of hydrogen-bond donors (Lipinski definition) is 0. The molecule has 1 atom stereocenters. The maximum absolute atomic E-state index is 12.4. The summed E-state index contributed by atoms with van der Waals surface area (Å²) in [6, 6.07) is 6.72. The number of esters is 2. The fourth-order valence-electron chi connectivity index (χ4n) is 3.14. The van der Waals surface area contributed by atoms with Crippen LogP contribution in [0, 0.1) is 11.8 Å². The molecule has 4 nitrogen and oxygen atoms in total. The van der Waals surface area contributed by atoms with E-state index in [-0.39, 0.29) is 11.1 Å². The highest BCUT2D eigenvalue weighted by Gasteiger charge is 2.19. The van der Waals surface area contributed by atoms with Crippen LogP contribution in [0.4, 0.5) is 0 Å². The second-order valence-electron chi connectivity index (χ2n) is 8.12. The van der Waals surface area contributed by atoms with Gasteiger partial charge in [0.15, 0.2) is 0 Å². The van der Waals surface area contributed by atoms with E-state index in [2.05, 4.69) is 27.7 Å². The third-order valence-corrected chi connectivity index (χ3v) is 4.81. The van der Waals surface area contributed by atoms with Gasteiger partial charge in [-0.3, -0.25) is 0 Å². The summed E-state index contributed by atoms with van der Waals surface area (Å²) in [6.45, 7) is 9.42. The van der Waals surface area contributed by atoms with Gasteiger partial charge in [0.25, 0.3) is 0 Å². The van der Waals surface area contributed by atoms with Crippen LogP contribution >= 0.6 is 0 Å². The van der Waals surface area contributed by atoms with Crippen molar-refractivity contribution in [3.05, 3.63) is 35.4 Å². The summed E-state index contributed by atoms with van der Waals surface area (Å²) in [7, 11) is 0. The molecule has 0 aromatic heterocycles. The Hall–Kier alpha value is -1.84. The van der Waals surface area contributed by atoms with Gasteiger partial charge in [0.1, 0.15) is 0 Å². The lowest BCUT2D eigenvalue weighted by Crippen LogP contribution is -2.17. The lowest BCUT2D eigenvalue weighted by Gasteiger charge is -2.13. The second-order valence-corrected chi connectivity index (χ2v) is 8.12. The van der Waals surface area contributed by atoms with Gasteiger partial charge >= 0.3 is 11.9 Å². The third kappa shape index (κ3) is 9.91. The maximum Gasteiger partial charge on any atom is 0.339 e. The summed E-state index contributed by atoms with van der Waals surface area (Å²) in [6.07, 6.45) is 8.93.